The fourth-order valence-electron chi connectivity index (χ4n) is 2.51. The zero-order valence-electron chi connectivity index (χ0n) is 12.6. The third-order valence-corrected chi connectivity index (χ3v) is 5.57. The Morgan fingerprint density at radius 3 is 2.67 bits per heavy atom. The van der Waals surface area contributed by atoms with Crippen molar-refractivity contribution in [2.75, 3.05) is 26.8 Å². The Morgan fingerprint density at radius 1 is 1.43 bits per heavy atom. The van der Waals surface area contributed by atoms with Crippen LogP contribution in [0.4, 0.5) is 0 Å². The number of ether oxygens (including phenoxy) is 1. The molecule has 0 amide bonds. The zero-order chi connectivity index (χ0) is 15.5. The highest BCUT2D eigenvalue weighted by molar-refractivity contribution is 7.89. The minimum Gasteiger partial charge on any atom is -0.380 e. The first kappa shape index (κ1) is 16.2. The van der Waals surface area contributed by atoms with Gasteiger partial charge in [-0.15, -0.1) is 0 Å². The molecule has 0 spiro atoms. The summed E-state index contributed by atoms with van der Waals surface area (Å²) in [5.41, 5.74) is 7.65. The van der Waals surface area contributed by atoms with Crippen LogP contribution in [0.25, 0.3) is 0 Å². The lowest BCUT2D eigenvalue weighted by atomic mass is 10.1. The summed E-state index contributed by atoms with van der Waals surface area (Å²) in [6.07, 6.45) is 4.32. The number of hydrogen-bond acceptors (Lipinski definition) is 4. The van der Waals surface area contributed by atoms with Gasteiger partial charge in [0.15, 0.2) is 0 Å². The van der Waals surface area contributed by atoms with Gasteiger partial charge < -0.3 is 15.0 Å². The third-order valence-electron chi connectivity index (χ3n) is 3.74. The molecule has 0 saturated carbocycles. The molecule has 0 fully saturated rings. The number of hydrogen-bond donors (Lipinski definition) is 1. The second-order valence-corrected chi connectivity index (χ2v) is 7.00. The summed E-state index contributed by atoms with van der Waals surface area (Å²) in [6, 6.07) is 1.67. The van der Waals surface area contributed by atoms with Gasteiger partial charge in [0.25, 0.3) is 0 Å². The monoisotopic (exact) mass is 313 g/mol. The first-order valence-electron chi connectivity index (χ1n) is 7.09. The molecule has 0 radical (unpaired) electrons. The van der Waals surface area contributed by atoms with Gasteiger partial charge in [-0.3, -0.25) is 0 Å². The highest BCUT2D eigenvalue weighted by atomic mass is 32.2. The van der Waals surface area contributed by atoms with Gasteiger partial charge >= 0.3 is 0 Å². The number of sulfonamides is 1. The van der Waals surface area contributed by atoms with E-state index < -0.39 is 10.0 Å². The van der Waals surface area contributed by atoms with Crippen molar-refractivity contribution < 1.29 is 13.2 Å². The lowest BCUT2D eigenvalue weighted by Gasteiger charge is -2.25. The van der Waals surface area contributed by atoms with Crippen molar-refractivity contribution in [3.05, 3.63) is 29.6 Å². The van der Waals surface area contributed by atoms with Crippen LogP contribution in [0, 0.1) is 0 Å². The van der Waals surface area contributed by atoms with Gasteiger partial charge in [-0.05, 0) is 25.0 Å². The van der Waals surface area contributed by atoms with Gasteiger partial charge in [0.05, 0.1) is 6.61 Å². The Bertz CT molecular complexity index is 598. The Morgan fingerprint density at radius 2 is 2.19 bits per heavy atom. The Hall–Kier alpha value is -1.15. The molecule has 1 aromatic heterocycles. The van der Waals surface area contributed by atoms with Crippen LogP contribution < -0.4 is 5.73 Å². The highest BCUT2D eigenvalue weighted by Crippen LogP contribution is 2.22. The Kier molecular flexibility index (Phi) is 5.21. The molecule has 1 aromatic rings. The molecule has 0 unspecified atom stereocenters. The summed E-state index contributed by atoms with van der Waals surface area (Å²) in [7, 11) is -1.81. The van der Waals surface area contributed by atoms with Gasteiger partial charge in [0, 0.05) is 45.2 Å². The Balaban J connectivity index is 2.21. The van der Waals surface area contributed by atoms with Crippen LogP contribution in [-0.2, 0) is 27.8 Å². The maximum atomic E-state index is 12.7. The summed E-state index contributed by atoms with van der Waals surface area (Å²) in [6.45, 7) is 4.47. The molecule has 0 aromatic carbocycles. The van der Waals surface area contributed by atoms with Crippen molar-refractivity contribution in [3.8, 4) is 0 Å². The van der Waals surface area contributed by atoms with E-state index in [9.17, 15) is 8.42 Å². The highest BCUT2D eigenvalue weighted by Gasteiger charge is 2.27. The van der Waals surface area contributed by atoms with Crippen molar-refractivity contribution >= 4 is 10.0 Å². The Labute approximate surface area is 126 Å². The average Bonchev–Trinajstić information content (AvgIpc) is 2.92. The van der Waals surface area contributed by atoms with Crippen LogP contribution in [0.3, 0.4) is 0 Å². The summed E-state index contributed by atoms with van der Waals surface area (Å²) in [5, 5.41) is 0. The lowest BCUT2D eigenvalue weighted by Crippen LogP contribution is -2.35. The van der Waals surface area contributed by atoms with Gasteiger partial charge in [-0.2, -0.15) is 4.31 Å². The van der Waals surface area contributed by atoms with Gasteiger partial charge in [0.2, 0.25) is 10.0 Å². The molecule has 0 bridgehead atoms. The van der Waals surface area contributed by atoms with E-state index in [1.54, 1.807) is 19.4 Å². The predicted octanol–water partition coefficient (Wildman–Crippen LogP) is 0.934. The van der Waals surface area contributed by atoms with E-state index in [2.05, 4.69) is 0 Å². The average molecular weight is 313 g/mol. The van der Waals surface area contributed by atoms with Crippen molar-refractivity contribution in [1.82, 2.24) is 8.87 Å². The number of methoxy groups -OCH3 is 1. The summed E-state index contributed by atoms with van der Waals surface area (Å²) in [5.74, 6) is 0. The van der Waals surface area contributed by atoms with E-state index in [1.807, 2.05) is 17.6 Å². The van der Waals surface area contributed by atoms with Crippen LogP contribution in [0.5, 0.6) is 0 Å². The van der Waals surface area contributed by atoms with Crippen molar-refractivity contribution in [2.45, 2.75) is 31.3 Å². The zero-order valence-corrected chi connectivity index (χ0v) is 13.4. The van der Waals surface area contributed by atoms with E-state index in [0.717, 1.165) is 11.3 Å². The first-order chi connectivity index (χ1) is 10.0. The second kappa shape index (κ2) is 6.74. The topological polar surface area (TPSA) is 77.6 Å². The number of rotatable bonds is 6. The number of aryl methyl sites for hydroxylation is 1. The molecule has 2 heterocycles. The molecular formula is C14H23N3O3S. The van der Waals surface area contributed by atoms with Gasteiger partial charge in [-0.25, -0.2) is 8.42 Å². The minimum absolute atomic E-state index is 0.327. The summed E-state index contributed by atoms with van der Waals surface area (Å²) in [4.78, 5) is 0.327. The van der Waals surface area contributed by atoms with E-state index in [1.165, 1.54) is 4.31 Å². The molecule has 2 N–H and O–H groups in total. The maximum absolute atomic E-state index is 12.7. The molecule has 0 aliphatic carbocycles. The van der Waals surface area contributed by atoms with Crippen molar-refractivity contribution in [3.63, 3.8) is 0 Å². The summed E-state index contributed by atoms with van der Waals surface area (Å²) < 4.78 is 33.8. The molecule has 0 atom stereocenters. The van der Waals surface area contributed by atoms with E-state index in [4.69, 9.17) is 10.5 Å². The SMILES string of the molecule is CCn1cc(S(=O)(=O)N2CC=C(COC)CC2)cc1CN. The normalized spacial score (nSPS) is 17.0. The van der Waals surface area contributed by atoms with Gasteiger partial charge in [-0.1, -0.05) is 6.08 Å². The van der Waals surface area contributed by atoms with Crippen LogP contribution in [0.15, 0.2) is 28.8 Å². The van der Waals surface area contributed by atoms with Crippen LogP contribution in [0.2, 0.25) is 0 Å². The van der Waals surface area contributed by atoms with Crippen LogP contribution in [0.1, 0.15) is 19.0 Å². The number of aromatic nitrogens is 1. The largest absolute Gasteiger partial charge is 0.380 e. The molecule has 1 aliphatic rings. The fraction of sp³-hybridized carbons (Fsp3) is 0.571. The fourth-order valence-corrected chi connectivity index (χ4v) is 3.95. The first-order valence-corrected chi connectivity index (χ1v) is 8.53. The number of nitrogens with zero attached hydrogens (tertiary/aromatic N) is 2. The third kappa shape index (κ3) is 3.37. The molecule has 6 nitrogen and oxygen atoms in total. The van der Waals surface area contributed by atoms with Crippen LogP contribution in [-0.4, -0.2) is 44.1 Å². The standard InChI is InChI=1S/C14H23N3O3S/c1-3-16-10-14(8-13(16)9-15)21(18,19)17-6-4-12(5-7-17)11-20-2/h4,8,10H,3,5-7,9,11,15H2,1-2H3. The van der Waals surface area contributed by atoms with E-state index in [0.29, 0.717) is 44.1 Å². The van der Waals surface area contributed by atoms with E-state index in [-0.39, 0.29) is 0 Å². The summed E-state index contributed by atoms with van der Waals surface area (Å²) >= 11 is 0. The molecule has 1 aliphatic heterocycles. The second-order valence-electron chi connectivity index (χ2n) is 5.07. The predicted molar refractivity (Wildman–Crippen MR) is 81.3 cm³/mol. The molecular weight excluding hydrogens is 290 g/mol. The van der Waals surface area contributed by atoms with Crippen molar-refractivity contribution in [2.24, 2.45) is 5.73 Å². The minimum atomic E-state index is -3.45. The lowest BCUT2D eigenvalue weighted by molar-refractivity contribution is 0.219. The maximum Gasteiger partial charge on any atom is 0.244 e. The molecule has 7 heteroatoms. The molecule has 2 rings (SSSR count). The van der Waals surface area contributed by atoms with E-state index >= 15 is 0 Å². The molecule has 21 heavy (non-hydrogen) atoms. The van der Waals surface area contributed by atoms with Gasteiger partial charge in [0.1, 0.15) is 4.90 Å². The quantitative estimate of drug-likeness (QED) is 0.793. The smallest absolute Gasteiger partial charge is 0.244 e. The molecule has 118 valence electrons. The number of nitrogens with two attached hydrogens (primary N) is 1. The molecule has 0 saturated heterocycles. The van der Waals surface area contributed by atoms with Crippen molar-refractivity contribution in [1.29, 1.82) is 0 Å². The van der Waals surface area contributed by atoms with Crippen LogP contribution >= 0.6 is 0 Å².